The third-order valence-corrected chi connectivity index (χ3v) is 6.04. The molecule has 5 rings (SSSR count). The van der Waals surface area contributed by atoms with Crippen LogP contribution in [0.15, 0.2) is 30.3 Å². The van der Waals surface area contributed by atoms with Gasteiger partial charge in [-0.25, -0.2) is 4.98 Å². The topological polar surface area (TPSA) is 117 Å². The van der Waals surface area contributed by atoms with E-state index in [2.05, 4.69) is 15.3 Å². The fourth-order valence-corrected chi connectivity index (χ4v) is 4.44. The third-order valence-electron chi connectivity index (χ3n) is 5.73. The molecular weight excluding hydrogens is 430 g/mol. The smallest absolute Gasteiger partial charge is 0.270 e. The van der Waals surface area contributed by atoms with E-state index in [-0.39, 0.29) is 11.8 Å². The Bertz CT molecular complexity index is 1400. The van der Waals surface area contributed by atoms with Gasteiger partial charge in [0.2, 0.25) is 0 Å². The lowest BCUT2D eigenvalue weighted by atomic mass is 10.0. The van der Waals surface area contributed by atoms with Gasteiger partial charge in [0.05, 0.1) is 34.3 Å². The maximum atomic E-state index is 11.3. The highest BCUT2D eigenvalue weighted by atomic mass is 32.1. The number of hydrogen-bond donors (Lipinski definition) is 1. The molecule has 1 atom stereocenters. The van der Waals surface area contributed by atoms with Crippen LogP contribution in [0.3, 0.4) is 0 Å². The van der Waals surface area contributed by atoms with Crippen molar-refractivity contribution in [2.24, 2.45) is 7.05 Å². The van der Waals surface area contributed by atoms with Crippen LogP contribution in [0.2, 0.25) is 0 Å². The highest BCUT2D eigenvalue weighted by molar-refractivity contribution is 7.71. The molecule has 10 nitrogen and oxygen atoms in total. The maximum absolute atomic E-state index is 11.3. The monoisotopic (exact) mass is 451 g/mol. The lowest BCUT2D eigenvalue weighted by Crippen LogP contribution is -2.16. The van der Waals surface area contributed by atoms with Gasteiger partial charge in [0.25, 0.3) is 5.69 Å². The number of nitrogens with one attached hydrogen (secondary N) is 1. The number of nitrogens with zero attached hydrogens (tertiary/aromatic N) is 6. The summed E-state index contributed by atoms with van der Waals surface area (Å²) in [5, 5.41) is 24.1. The summed E-state index contributed by atoms with van der Waals surface area (Å²) in [6.45, 7) is 3.27. The van der Waals surface area contributed by atoms with Gasteiger partial charge in [-0.1, -0.05) is 12.1 Å². The van der Waals surface area contributed by atoms with E-state index in [1.54, 1.807) is 16.8 Å². The normalized spacial score (nSPS) is 16.1. The van der Waals surface area contributed by atoms with Gasteiger partial charge in [0.1, 0.15) is 0 Å². The predicted octanol–water partition coefficient (Wildman–Crippen LogP) is 3.95. The number of non-ortho nitro benzene ring substituents is 1. The molecule has 1 aromatic carbocycles. The SMILES string of the molecule is Cc1nn(C)c2nc(-c3cccc([N+](=O)[O-])c3)cc(-c3n[nH]c(=S)n3CC3CCCO3)c12. The van der Waals surface area contributed by atoms with Gasteiger partial charge in [-0.3, -0.25) is 24.5 Å². The van der Waals surface area contributed by atoms with Crippen molar-refractivity contribution in [1.82, 2.24) is 29.5 Å². The first-order chi connectivity index (χ1) is 15.4. The zero-order valence-electron chi connectivity index (χ0n) is 17.6. The number of aromatic nitrogens is 6. The summed E-state index contributed by atoms with van der Waals surface area (Å²) in [4.78, 5) is 15.6. The Labute approximate surface area is 188 Å². The first-order valence-corrected chi connectivity index (χ1v) is 10.7. The Hall–Kier alpha value is -3.44. The van der Waals surface area contributed by atoms with Crippen LogP contribution < -0.4 is 0 Å². The van der Waals surface area contributed by atoms with Crippen molar-refractivity contribution in [3.8, 4) is 22.6 Å². The second-order valence-electron chi connectivity index (χ2n) is 7.87. The molecule has 0 radical (unpaired) electrons. The molecule has 0 bridgehead atoms. The number of H-pyrrole nitrogens is 1. The number of hydrogen-bond acceptors (Lipinski definition) is 7. The molecule has 0 spiro atoms. The quantitative estimate of drug-likeness (QED) is 0.277. The van der Waals surface area contributed by atoms with Crippen molar-refractivity contribution >= 4 is 28.9 Å². The van der Waals surface area contributed by atoms with Crippen LogP contribution in [0.5, 0.6) is 0 Å². The van der Waals surface area contributed by atoms with Crippen molar-refractivity contribution in [1.29, 1.82) is 0 Å². The molecule has 3 aromatic heterocycles. The van der Waals surface area contributed by atoms with Crippen LogP contribution in [0.25, 0.3) is 33.7 Å². The minimum Gasteiger partial charge on any atom is -0.376 e. The Morgan fingerprint density at radius 3 is 2.97 bits per heavy atom. The first-order valence-electron chi connectivity index (χ1n) is 10.3. The lowest BCUT2D eigenvalue weighted by molar-refractivity contribution is -0.384. The minimum atomic E-state index is -0.413. The summed E-state index contributed by atoms with van der Waals surface area (Å²) in [6.07, 6.45) is 2.09. The Morgan fingerprint density at radius 2 is 2.22 bits per heavy atom. The summed E-state index contributed by atoms with van der Waals surface area (Å²) in [5.74, 6) is 0.667. The van der Waals surface area contributed by atoms with Crippen LogP contribution in [0.4, 0.5) is 5.69 Å². The first kappa shape index (κ1) is 20.5. The van der Waals surface area contributed by atoms with Crippen LogP contribution in [-0.2, 0) is 18.3 Å². The number of nitro groups is 1. The summed E-state index contributed by atoms with van der Waals surface area (Å²) in [6, 6.07) is 8.33. The minimum absolute atomic E-state index is 0.00759. The second kappa shape index (κ2) is 7.92. The van der Waals surface area contributed by atoms with Crippen LogP contribution in [0, 0.1) is 21.8 Å². The number of ether oxygens (including phenoxy) is 1. The third kappa shape index (κ3) is 3.49. The molecule has 11 heteroatoms. The lowest BCUT2D eigenvalue weighted by Gasteiger charge is -2.13. The predicted molar refractivity (Wildman–Crippen MR) is 121 cm³/mol. The molecule has 1 unspecified atom stereocenters. The zero-order valence-corrected chi connectivity index (χ0v) is 18.4. The number of aryl methyl sites for hydroxylation is 2. The second-order valence-corrected chi connectivity index (χ2v) is 8.25. The number of rotatable bonds is 5. The molecule has 1 aliphatic rings. The highest BCUT2D eigenvalue weighted by Crippen LogP contribution is 2.34. The van der Waals surface area contributed by atoms with Gasteiger partial charge >= 0.3 is 0 Å². The molecule has 0 aliphatic carbocycles. The Balaban J connectivity index is 1.73. The van der Waals surface area contributed by atoms with Gasteiger partial charge in [-0.2, -0.15) is 10.2 Å². The van der Waals surface area contributed by atoms with E-state index in [9.17, 15) is 10.1 Å². The summed E-state index contributed by atoms with van der Waals surface area (Å²) in [5.41, 5.74) is 3.53. The van der Waals surface area contributed by atoms with Crippen molar-refractivity contribution < 1.29 is 9.66 Å². The van der Waals surface area contributed by atoms with Gasteiger partial charge < -0.3 is 4.74 Å². The van der Waals surface area contributed by atoms with Gasteiger partial charge in [0.15, 0.2) is 16.2 Å². The van der Waals surface area contributed by atoms with Crippen LogP contribution >= 0.6 is 12.2 Å². The average Bonchev–Trinajstić information content (AvgIpc) is 3.49. The number of benzene rings is 1. The van der Waals surface area contributed by atoms with Crippen LogP contribution in [-0.4, -0.2) is 47.2 Å². The molecule has 0 saturated carbocycles. The van der Waals surface area contributed by atoms with Crippen molar-refractivity contribution in [3.05, 3.63) is 50.9 Å². The summed E-state index contributed by atoms with van der Waals surface area (Å²) in [7, 11) is 1.83. The molecule has 4 aromatic rings. The molecule has 1 N–H and O–H groups in total. The zero-order chi connectivity index (χ0) is 22.4. The summed E-state index contributed by atoms with van der Waals surface area (Å²) >= 11 is 5.52. The van der Waals surface area contributed by atoms with Crippen molar-refractivity contribution in [2.45, 2.75) is 32.4 Å². The molecule has 0 amide bonds. The number of fused-ring (bicyclic) bond motifs is 1. The highest BCUT2D eigenvalue weighted by Gasteiger charge is 2.23. The standard InChI is InChI=1S/C21H21N7O3S/c1-12-18-16(19-23-24-21(32)27(19)11-15-7-4-8-31-15)10-17(22-20(18)26(2)25-12)13-5-3-6-14(9-13)28(29)30/h3,5-6,9-10,15H,4,7-8,11H2,1-2H3,(H,24,32). The van der Waals surface area contributed by atoms with Crippen molar-refractivity contribution in [2.75, 3.05) is 6.61 Å². The molecular formula is C21H21N7O3S. The molecule has 1 fully saturated rings. The number of pyridine rings is 1. The van der Waals surface area contributed by atoms with E-state index in [0.29, 0.717) is 34.0 Å². The molecule has 4 heterocycles. The van der Waals surface area contributed by atoms with E-state index in [4.69, 9.17) is 21.9 Å². The molecule has 164 valence electrons. The summed E-state index contributed by atoms with van der Waals surface area (Å²) < 4.78 is 9.98. The van der Waals surface area contributed by atoms with E-state index in [0.717, 1.165) is 36.1 Å². The van der Waals surface area contributed by atoms with Gasteiger partial charge in [-0.15, -0.1) is 0 Å². The molecule has 1 aliphatic heterocycles. The molecule has 1 saturated heterocycles. The van der Waals surface area contributed by atoms with Crippen molar-refractivity contribution in [3.63, 3.8) is 0 Å². The number of nitro benzene ring substituents is 1. The fraction of sp³-hybridized carbons (Fsp3) is 0.333. The number of aromatic amines is 1. The fourth-order valence-electron chi connectivity index (χ4n) is 4.23. The van der Waals surface area contributed by atoms with E-state index < -0.39 is 4.92 Å². The Morgan fingerprint density at radius 1 is 1.38 bits per heavy atom. The van der Waals surface area contributed by atoms with Gasteiger partial charge in [-0.05, 0) is 38.0 Å². The van der Waals surface area contributed by atoms with Gasteiger partial charge in [0, 0.05) is 36.9 Å². The average molecular weight is 452 g/mol. The Kier molecular flexibility index (Phi) is 5.06. The van der Waals surface area contributed by atoms with Crippen LogP contribution in [0.1, 0.15) is 18.5 Å². The maximum Gasteiger partial charge on any atom is 0.270 e. The van der Waals surface area contributed by atoms with E-state index >= 15 is 0 Å². The molecule has 32 heavy (non-hydrogen) atoms. The van der Waals surface area contributed by atoms with E-state index in [1.165, 1.54) is 12.1 Å². The largest absolute Gasteiger partial charge is 0.376 e. The van der Waals surface area contributed by atoms with E-state index in [1.807, 2.05) is 24.6 Å².